The molecule has 6 heteroatoms. The van der Waals surface area contributed by atoms with Crippen LogP contribution in [0.1, 0.15) is 11.1 Å². The van der Waals surface area contributed by atoms with Crippen molar-refractivity contribution < 1.29 is 14.6 Å². The fourth-order valence-electron chi connectivity index (χ4n) is 2.31. The van der Waals surface area contributed by atoms with Crippen LogP contribution in [0.4, 0.5) is 0 Å². The Balaban J connectivity index is 2.14. The second-order valence-electron chi connectivity index (χ2n) is 4.94. The molecule has 0 spiro atoms. The molecule has 0 amide bonds. The first-order valence-corrected chi connectivity index (χ1v) is 8.42. The first-order chi connectivity index (χ1) is 11.5. The quantitative estimate of drug-likeness (QED) is 0.522. The number of benzene rings is 2. The predicted molar refractivity (Wildman–Crippen MR) is 96.5 cm³/mol. The molecule has 0 unspecified atom stereocenters. The number of halogens is 2. The van der Waals surface area contributed by atoms with E-state index in [-0.39, 0.29) is 22.7 Å². The molecule has 1 heterocycles. The maximum Gasteiger partial charge on any atom is 0.348 e. The van der Waals surface area contributed by atoms with Gasteiger partial charge in [0.15, 0.2) is 11.5 Å². The highest BCUT2D eigenvalue weighted by atomic mass is 79.9. The molecule has 0 fully saturated rings. The van der Waals surface area contributed by atoms with E-state index >= 15 is 0 Å². The monoisotopic (exact) mass is 445 g/mol. The van der Waals surface area contributed by atoms with Gasteiger partial charge >= 0.3 is 5.97 Å². The summed E-state index contributed by atoms with van der Waals surface area (Å²) in [7, 11) is 0. The Morgan fingerprint density at radius 2 is 1.54 bits per heavy atom. The van der Waals surface area contributed by atoms with E-state index in [1.165, 1.54) is 0 Å². The van der Waals surface area contributed by atoms with E-state index in [4.69, 9.17) is 4.74 Å². The summed E-state index contributed by atoms with van der Waals surface area (Å²) in [6, 6.07) is 15.8. The maximum atomic E-state index is 12.2. The molecule has 0 saturated heterocycles. The third-order valence-corrected chi connectivity index (χ3v) is 4.51. The van der Waals surface area contributed by atoms with Gasteiger partial charge in [-0.1, -0.05) is 56.1 Å². The van der Waals surface area contributed by atoms with Crippen LogP contribution in [0.5, 0.6) is 0 Å². The van der Waals surface area contributed by atoms with Crippen LogP contribution in [-0.2, 0) is 9.53 Å². The molecule has 118 valence electrons. The first-order valence-electron chi connectivity index (χ1n) is 6.83. The number of carbonyl (C=O) groups excluding carboxylic acids is 1. The van der Waals surface area contributed by atoms with E-state index < -0.39 is 5.97 Å². The van der Waals surface area contributed by atoms with Crippen molar-refractivity contribution in [2.45, 2.75) is 0 Å². The standard InChI is InChI=1S/C18H9Br2NO3/c19-12-5-1-10(2-6-12)14(9-21)17-16(22)15(18(23)24-17)11-3-7-13(20)8-4-11/h1-8,22H. The van der Waals surface area contributed by atoms with Crippen LogP contribution in [0.25, 0.3) is 11.1 Å². The van der Waals surface area contributed by atoms with Gasteiger partial charge in [0.2, 0.25) is 0 Å². The molecule has 0 aliphatic carbocycles. The number of allylic oxidation sites excluding steroid dienone is 1. The minimum absolute atomic E-state index is 0.0439. The second-order valence-corrected chi connectivity index (χ2v) is 6.77. The SMILES string of the molecule is N#CC(=C1OC(=O)C(c2ccc(Br)cc2)=C1O)c1ccc(Br)cc1. The topological polar surface area (TPSA) is 70.3 Å². The van der Waals surface area contributed by atoms with Gasteiger partial charge in [-0.2, -0.15) is 5.26 Å². The van der Waals surface area contributed by atoms with E-state index in [9.17, 15) is 15.2 Å². The molecule has 0 radical (unpaired) electrons. The molecular weight excluding hydrogens is 438 g/mol. The van der Waals surface area contributed by atoms with Crippen LogP contribution < -0.4 is 0 Å². The first kappa shape index (κ1) is 16.5. The molecule has 1 aliphatic heterocycles. The number of cyclic esters (lactones) is 1. The Morgan fingerprint density at radius 3 is 2.08 bits per heavy atom. The van der Waals surface area contributed by atoms with Crippen LogP contribution >= 0.6 is 31.9 Å². The Kier molecular flexibility index (Phi) is 4.56. The lowest BCUT2D eigenvalue weighted by molar-refractivity contribution is -0.131. The normalized spacial score (nSPS) is 16.0. The molecular formula is C18H9Br2NO3. The van der Waals surface area contributed by atoms with E-state index in [0.29, 0.717) is 11.1 Å². The van der Waals surface area contributed by atoms with Gasteiger partial charge in [0, 0.05) is 8.95 Å². The largest absolute Gasteiger partial charge is 0.504 e. The van der Waals surface area contributed by atoms with Crippen molar-refractivity contribution in [3.63, 3.8) is 0 Å². The molecule has 0 bridgehead atoms. The highest BCUT2D eigenvalue weighted by molar-refractivity contribution is 9.10. The van der Waals surface area contributed by atoms with Crippen molar-refractivity contribution in [2.75, 3.05) is 0 Å². The van der Waals surface area contributed by atoms with Crippen LogP contribution in [0.2, 0.25) is 0 Å². The number of nitrogens with zero attached hydrogens (tertiary/aromatic N) is 1. The number of esters is 1. The van der Waals surface area contributed by atoms with E-state index in [2.05, 4.69) is 31.9 Å². The zero-order valence-corrected chi connectivity index (χ0v) is 15.3. The van der Waals surface area contributed by atoms with Gasteiger partial charge in [-0.25, -0.2) is 4.79 Å². The minimum atomic E-state index is -0.685. The smallest absolute Gasteiger partial charge is 0.348 e. The lowest BCUT2D eigenvalue weighted by atomic mass is 10.0. The summed E-state index contributed by atoms with van der Waals surface area (Å²) in [5, 5.41) is 19.9. The molecule has 1 N–H and O–H groups in total. The summed E-state index contributed by atoms with van der Waals surface area (Å²) in [5.74, 6) is -1.14. The van der Waals surface area contributed by atoms with Gasteiger partial charge in [-0.3, -0.25) is 0 Å². The zero-order valence-electron chi connectivity index (χ0n) is 12.1. The van der Waals surface area contributed by atoms with Gasteiger partial charge in [-0.05, 0) is 35.4 Å². The van der Waals surface area contributed by atoms with Crippen LogP contribution in [0.15, 0.2) is 69.0 Å². The summed E-state index contributed by atoms with van der Waals surface area (Å²) in [6.45, 7) is 0. The van der Waals surface area contributed by atoms with Crippen molar-refractivity contribution >= 4 is 49.0 Å². The Labute approximate surface area is 154 Å². The average molecular weight is 447 g/mol. The van der Waals surface area contributed by atoms with Gasteiger partial charge in [-0.15, -0.1) is 0 Å². The van der Waals surface area contributed by atoms with Crippen molar-refractivity contribution in [2.24, 2.45) is 0 Å². The minimum Gasteiger partial charge on any atom is -0.504 e. The molecule has 1 aliphatic rings. The van der Waals surface area contributed by atoms with Gasteiger partial charge in [0.05, 0.1) is 0 Å². The van der Waals surface area contributed by atoms with Crippen LogP contribution in [0, 0.1) is 11.3 Å². The lowest BCUT2D eigenvalue weighted by Crippen LogP contribution is -1.99. The number of aliphatic hydroxyl groups excluding tert-OH is 1. The highest BCUT2D eigenvalue weighted by Gasteiger charge is 2.33. The Morgan fingerprint density at radius 1 is 1.00 bits per heavy atom. The van der Waals surface area contributed by atoms with Gasteiger partial charge in [0.1, 0.15) is 17.2 Å². The third kappa shape index (κ3) is 3.01. The van der Waals surface area contributed by atoms with Gasteiger partial charge in [0.25, 0.3) is 0 Å². The van der Waals surface area contributed by atoms with Crippen molar-refractivity contribution in [1.29, 1.82) is 5.26 Å². The molecule has 3 rings (SSSR count). The number of hydrogen-bond acceptors (Lipinski definition) is 4. The second kappa shape index (κ2) is 6.63. The molecule has 2 aromatic carbocycles. The zero-order chi connectivity index (χ0) is 17.3. The summed E-state index contributed by atoms with van der Waals surface area (Å²) < 4.78 is 6.88. The molecule has 4 nitrogen and oxygen atoms in total. The van der Waals surface area contributed by atoms with Crippen LogP contribution in [-0.4, -0.2) is 11.1 Å². The van der Waals surface area contributed by atoms with Crippen molar-refractivity contribution in [3.8, 4) is 6.07 Å². The molecule has 0 aromatic heterocycles. The number of aliphatic hydroxyl groups is 1. The van der Waals surface area contributed by atoms with Crippen molar-refractivity contribution in [1.82, 2.24) is 0 Å². The number of rotatable bonds is 2. The summed E-state index contributed by atoms with van der Waals surface area (Å²) >= 11 is 6.64. The fourth-order valence-corrected chi connectivity index (χ4v) is 2.83. The van der Waals surface area contributed by atoms with Gasteiger partial charge < -0.3 is 9.84 Å². The summed E-state index contributed by atoms with van der Waals surface area (Å²) in [6.07, 6.45) is 0. The van der Waals surface area contributed by atoms with E-state index in [1.54, 1.807) is 48.5 Å². The molecule has 0 atom stereocenters. The lowest BCUT2D eigenvalue weighted by Gasteiger charge is -2.04. The fraction of sp³-hybridized carbons (Fsp3) is 0. The molecule has 24 heavy (non-hydrogen) atoms. The van der Waals surface area contributed by atoms with Crippen molar-refractivity contribution in [3.05, 3.63) is 80.1 Å². The summed E-state index contributed by atoms with van der Waals surface area (Å²) in [4.78, 5) is 12.2. The van der Waals surface area contributed by atoms with Crippen LogP contribution in [0.3, 0.4) is 0 Å². The number of nitriles is 1. The third-order valence-electron chi connectivity index (χ3n) is 3.46. The molecule has 0 saturated carbocycles. The van der Waals surface area contributed by atoms with E-state index in [1.807, 2.05) is 6.07 Å². The number of ether oxygens (including phenoxy) is 1. The number of hydrogen-bond donors (Lipinski definition) is 1. The molecule has 2 aromatic rings. The Hall–Kier alpha value is -2.36. The summed E-state index contributed by atoms with van der Waals surface area (Å²) in [5.41, 5.74) is 1.21. The number of carbonyl (C=O) groups is 1. The average Bonchev–Trinajstić information content (AvgIpc) is 2.86. The maximum absolute atomic E-state index is 12.2. The van der Waals surface area contributed by atoms with E-state index in [0.717, 1.165) is 8.95 Å². The highest BCUT2D eigenvalue weighted by Crippen LogP contribution is 2.36. The predicted octanol–water partition coefficient (Wildman–Crippen LogP) is 4.97. The Bertz CT molecular complexity index is 920.